The van der Waals surface area contributed by atoms with Gasteiger partial charge in [-0.05, 0) is 30.5 Å². The SMILES string of the molecule is CCNCc1cc(F)c(F)c(S(=O)(=O)NCCSC)c1. The van der Waals surface area contributed by atoms with Gasteiger partial charge in [0.05, 0.1) is 0 Å². The normalized spacial score (nSPS) is 11.8. The Kier molecular flexibility index (Phi) is 6.87. The quantitative estimate of drug-likeness (QED) is 0.715. The number of nitrogens with one attached hydrogen (secondary N) is 2. The number of hydrogen-bond acceptors (Lipinski definition) is 4. The van der Waals surface area contributed by atoms with Gasteiger partial charge in [0.15, 0.2) is 11.6 Å². The fourth-order valence-electron chi connectivity index (χ4n) is 1.54. The lowest BCUT2D eigenvalue weighted by Gasteiger charge is -2.10. The van der Waals surface area contributed by atoms with Gasteiger partial charge in [0.2, 0.25) is 10.0 Å². The lowest BCUT2D eigenvalue weighted by Crippen LogP contribution is -2.27. The topological polar surface area (TPSA) is 58.2 Å². The molecule has 0 unspecified atom stereocenters. The molecule has 0 heterocycles. The summed E-state index contributed by atoms with van der Waals surface area (Å²) in [5.41, 5.74) is 0.385. The second-order valence-electron chi connectivity index (χ2n) is 4.06. The third-order valence-electron chi connectivity index (χ3n) is 2.52. The van der Waals surface area contributed by atoms with Gasteiger partial charge in [0, 0.05) is 18.8 Å². The maximum absolute atomic E-state index is 13.7. The van der Waals surface area contributed by atoms with Crippen LogP contribution in [0.2, 0.25) is 0 Å². The highest BCUT2D eigenvalue weighted by Gasteiger charge is 2.22. The molecule has 0 aliphatic rings. The zero-order valence-corrected chi connectivity index (χ0v) is 13.0. The van der Waals surface area contributed by atoms with Crippen molar-refractivity contribution >= 4 is 21.8 Å². The molecule has 0 aliphatic heterocycles. The first-order chi connectivity index (χ1) is 9.42. The molecule has 0 spiro atoms. The summed E-state index contributed by atoms with van der Waals surface area (Å²) in [4.78, 5) is -0.647. The number of thioether (sulfide) groups is 1. The van der Waals surface area contributed by atoms with Gasteiger partial charge in [-0.1, -0.05) is 6.92 Å². The molecule has 1 aromatic carbocycles. The van der Waals surface area contributed by atoms with Crippen molar-refractivity contribution in [3.8, 4) is 0 Å². The highest BCUT2D eigenvalue weighted by molar-refractivity contribution is 7.98. The highest BCUT2D eigenvalue weighted by Crippen LogP contribution is 2.20. The molecule has 0 aliphatic carbocycles. The predicted octanol–water partition coefficient (Wildman–Crippen LogP) is 1.72. The van der Waals surface area contributed by atoms with Gasteiger partial charge in [0.1, 0.15) is 4.90 Å². The first-order valence-corrected chi connectivity index (χ1v) is 8.97. The van der Waals surface area contributed by atoms with Crippen LogP contribution in [0.15, 0.2) is 17.0 Å². The first-order valence-electron chi connectivity index (χ1n) is 6.09. The third kappa shape index (κ3) is 4.69. The molecule has 114 valence electrons. The van der Waals surface area contributed by atoms with E-state index in [4.69, 9.17) is 0 Å². The maximum atomic E-state index is 13.7. The maximum Gasteiger partial charge on any atom is 0.243 e. The van der Waals surface area contributed by atoms with E-state index in [0.717, 1.165) is 12.1 Å². The van der Waals surface area contributed by atoms with Crippen LogP contribution in [0.3, 0.4) is 0 Å². The number of sulfonamides is 1. The van der Waals surface area contributed by atoms with E-state index in [1.165, 1.54) is 11.8 Å². The Morgan fingerprint density at radius 2 is 2.00 bits per heavy atom. The second kappa shape index (κ2) is 7.92. The molecule has 2 N–H and O–H groups in total. The van der Waals surface area contributed by atoms with Crippen molar-refractivity contribution in [1.82, 2.24) is 10.0 Å². The Labute approximate surface area is 122 Å². The van der Waals surface area contributed by atoms with E-state index < -0.39 is 26.6 Å². The van der Waals surface area contributed by atoms with Crippen LogP contribution in [0.1, 0.15) is 12.5 Å². The lowest BCUT2D eigenvalue weighted by molar-refractivity contribution is 0.480. The number of hydrogen-bond donors (Lipinski definition) is 2. The molecule has 4 nitrogen and oxygen atoms in total. The minimum atomic E-state index is -4.04. The van der Waals surface area contributed by atoms with Crippen LogP contribution in [-0.2, 0) is 16.6 Å². The van der Waals surface area contributed by atoms with Gasteiger partial charge >= 0.3 is 0 Å². The fourth-order valence-corrected chi connectivity index (χ4v) is 3.14. The highest BCUT2D eigenvalue weighted by atomic mass is 32.2. The molecule has 0 amide bonds. The van der Waals surface area contributed by atoms with Crippen molar-refractivity contribution in [2.24, 2.45) is 0 Å². The van der Waals surface area contributed by atoms with E-state index in [1.807, 2.05) is 13.2 Å². The van der Waals surface area contributed by atoms with Crippen molar-refractivity contribution in [1.29, 1.82) is 0 Å². The third-order valence-corrected chi connectivity index (χ3v) is 4.59. The molecule has 0 radical (unpaired) electrons. The average Bonchev–Trinajstić information content (AvgIpc) is 2.39. The van der Waals surface area contributed by atoms with Gasteiger partial charge in [-0.2, -0.15) is 11.8 Å². The molecular weight excluding hydrogens is 306 g/mol. The molecular formula is C12H18F2N2O2S2. The minimum absolute atomic E-state index is 0.169. The molecule has 0 bridgehead atoms. The predicted molar refractivity (Wildman–Crippen MR) is 77.3 cm³/mol. The van der Waals surface area contributed by atoms with Gasteiger partial charge in [0.25, 0.3) is 0 Å². The summed E-state index contributed by atoms with van der Waals surface area (Å²) in [5.74, 6) is -1.95. The van der Waals surface area contributed by atoms with E-state index in [2.05, 4.69) is 10.0 Å². The van der Waals surface area contributed by atoms with Crippen molar-refractivity contribution in [3.63, 3.8) is 0 Å². The van der Waals surface area contributed by atoms with Crippen molar-refractivity contribution in [2.45, 2.75) is 18.4 Å². The van der Waals surface area contributed by atoms with Crippen molar-refractivity contribution in [3.05, 3.63) is 29.3 Å². The van der Waals surface area contributed by atoms with Crippen LogP contribution in [-0.4, -0.2) is 33.5 Å². The van der Waals surface area contributed by atoms with Crippen LogP contribution in [0, 0.1) is 11.6 Å². The molecule has 0 saturated carbocycles. The van der Waals surface area contributed by atoms with Crippen LogP contribution in [0.5, 0.6) is 0 Å². The average molecular weight is 324 g/mol. The van der Waals surface area contributed by atoms with E-state index in [0.29, 0.717) is 17.9 Å². The lowest BCUT2D eigenvalue weighted by atomic mass is 10.2. The monoisotopic (exact) mass is 324 g/mol. The summed E-state index contributed by atoms with van der Waals surface area (Å²) in [7, 11) is -4.04. The first kappa shape index (κ1) is 17.4. The van der Waals surface area contributed by atoms with Crippen molar-refractivity contribution in [2.75, 3.05) is 25.1 Å². The zero-order chi connectivity index (χ0) is 15.2. The summed E-state index contributed by atoms with van der Waals surface area (Å²) in [5, 5.41) is 2.93. The Balaban J connectivity index is 3.05. The Hall–Kier alpha value is -0.700. The van der Waals surface area contributed by atoms with Crippen LogP contribution in [0.25, 0.3) is 0 Å². The summed E-state index contributed by atoms with van der Waals surface area (Å²) in [6, 6.07) is 2.15. The Morgan fingerprint density at radius 1 is 1.30 bits per heavy atom. The largest absolute Gasteiger partial charge is 0.313 e. The number of benzene rings is 1. The van der Waals surface area contributed by atoms with Gasteiger partial charge in [-0.3, -0.25) is 0 Å². The molecule has 0 saturated heterocycles. The summed E-state index contributed by atoms with van der Waals surface area (Å²) in [6.45, 7) is 2.96. The van der Waals surface area contributed by atoms with E-state index in [-0.39, 0.29) is 13.1 Å². The van der Waals surface area contributed by atoms with Gasteiger partial charge in [-0.15, -0.1) is 0 Å². The molecule has 0 fully saturated rings. The molecule has 8 heteroatoms. The summed E-state index contributed by atoms with van der Waals surface area (Å²) in [6.07, 6.45) is 1.82. The molecule has 0 atom stereocenters. The fraction of sp³-hybridized carbons (Fsp3) is 0.500. The van der Waals surface area contributed by atoms with E-state index in [1.54, 1.807) is 0 Å². The van der Waals surface area contributed by atoms with Gasteiger partial charge < -0.3 is 5.32 Å². The van der Waals surface area contributed by atoms with Crippen LogP contribution >= 0.6 is 11.8 Å². The molecule has 1 aromatic rings. The van der Waals surface area contributed by atoms with Gasteiger partial charge in [-0.25, -0.2) is 21.9 Å². The standard InChI is InChI=1S/C12H18F2N2O2S2/c1-3-15-8-9-6-10(13)12(14)11(7-9)20(17,18)16-4-5-19-2/h6-7,15-16H,3-5,8H2,1-2H3. The van der Waals surface area contributed by atoms with E-state index in [9.17, 15) is 17.2 Å². The Bertz CT molecular complexity index is 551. The minimum Gasteiger partial charge on any atom is -0.313 e. The summed E-state index contributed by atoms with van der Waals surface area (Å²) >= 11 is 1.45. The van der Waals surface area contributed by atoms with Crippen LogP contribution < -0.4 is 10.0 Å². The van der Waals surface area contributed by atoms with Crippen molar-refractivity contribution < 1.29 is 17.2 Å². The Morgan fingerprint density at radius 3 is 2.60 bits per heavy atom. The zero-order valence-electron chi connectivity index (χ0n) is 11.4. The van der Waals surface area contributed by atoms with Crippen LogP contribution in [0.4, 0.5) is 8.78 Å². The number of halogens is 2. The second-order valence-corrected chi connectivity index (χ2v) is 6.78. The molecule has 1 rings (SSSR count). The molecule has 20 heavy (non-hydrogen) atoms. The summed E-state index contributed by atoms with van der Waals surface area (Å²) < 4.78 is 53.3. The number of rotatable bonds is 8. The van der Waals surface area contributed by atoms with E-state index >= 15 is 0 Å². The molecule has 0 aromatic heterocycles. The smallest absolute Gasteiger partial charge is 0.243 e.